The molecule has 7 nitrogen and oxygen atoms in total. The summed E-state index contributed by atoms with van der Waals surface area (Å²) in [7, 11) is 1.65. The third-order valence-electron chi connectivity index (χ3n) is 5.47. The maximum Gasteiger partial charge on any atom is 0.233 e. The fourth-order valence-electron chi connectivity index (χ4n) is 3.83. The number of amides is 1. The molecule has 2 aliphatic rings. The minimum Gasteiger partial charge on any atom is -0.497 e. The number of hydrogen-bond acceptors (Lipinski definition) is 6. The van der Waals surface area contributed by atoms with E-state index in [-0.39, 0.29) is 5.91 Å². The number of aromatic nitrogens is 2. The van der Waals surface area contributed by atoms with Crippen molar-refractivity contribution in [3.8, 4) is 11.4 Å². The molecule has 0 bridgehead atoms. The lowest BCUT2D eigenvalue weighted by Crippen LogP contribution is -2.50. The van der Waals surface area contributed by atoms with Gasteiger partial charge in [0, 0.05) is 57.8 Å². The molecule has 2 saturated heterocycles. The van der Waals surface area contributed by atoms with E-state index in [4.69, 9.17) is 9.47 Å². The largest absolute Gasteiger partial charge is 0.497 e. The van der Waals surface area contributed by atoms with Crippen LogP contribution in [0.1, 0.15) is 12.8 Å². The van der Waals surface area contributed by atoms with E-state index in [1.165, 1.54) is 18.2 Å². The molecule has 0 saturated carbocycles. The van der Waals surface area contributed by atoms with Gasteiger partial charge in [0.2, 0.25) is 5.91 Å². The highest BCUT2D eigenvalue weighted by molar-refractivity contribution is 7.99. The van der Waals surface area contributed by atoms with Gasteiger partial charge in [0.05, 0.1) is 24.7 Å². The molecule has 8 heteroatoms. The average molecular weight is 417 g/mol. The molecule has 29 heavy (non-hydrogen) atoms. The van der Waals surface area contributed by atoms with Crippen LogP contribution in [0.25, 0.3) is 5.69 Å². The smallest absolute Gasteiger partial charge is 0.233 e. The number of rotatable bonds is 7. The highest BCUT2D eigenvalue weighted by Gasteiger charge is 2.25. The summed E-state index contributed by atoms with van der Waals surface area (Å²) in [6.45, 7) is 5.32. The molecular weight excluding hydrogens is 388 g/mol. The van der Waals surface area contributed by atoms with E-state index < -0.39 is 0 Å². The average Bonchev–Trinajstić information content (AvgIpc) is 3.44. The van der Waals surface area contributed by atoms with Gasteiger partial charge in [-0.25, -0.2) is 4.98 Å². The summed E-state index contributed by atoms with van der Waals surface area (Å²) in [5.74, 6) is 1.36. The Morgan fingerprint density at radius 2 is 2.17 bits per heavy atom. The molecule has 1 atom stereocenters. The van der Waals surface area contributed by atoms with Crippen LogP contribution in [-0.2, 0) is 9.53 Å². The first kappa shape index (κ1) is 20.3. The molecule has 156 valence electrons. The Kier molecular flexibility index (Phi) is 6.74. The molecular formula is C21H28N4O3S. The lowest BCUT2D eigenvalue weighted by atomic mass is 10.2. The highest BCUT2D eigenvalue weighted by Crippen LogP contribution is 2.23. The van der Waals surface area contributed by atoms with Gasteiger partial charge < -0.3 is 14.4 Å². The van der Waals surface area contributed by atoms with Gasteiger partial charge in [-0.3, -0.25) is 14.3 Å². The number of hydrogen-bond donors (Lipinski definition) is 0. The van der Waals surface area contributed by atoms with Gasteiger partial charge in [0.15, 0.2) is 5.16 Å². The molecule has 4 rings (SSSR count). The number of carbonyl (C=O) groups excluding carboxylic acids is 1. The second-order valence-electron chi connectivity index (χ2n) is 7.39. The zero-order chi connectivity index (χ0) is 20.1. The number of benzene rings is 1. The molecule has 2 aromatic rings. The van der Waals surface area contributed by atoms with Crippen molar-refractivity contribution in [2.24, 2.45) is 0 Å². The molecule has 3 heterocycles. The number of carbonyl (C=O) groups is 1. The fourth-order valence-corrected chi connectivity index (χ4v) is 4.70. The third kappa shape index (κ3) is 5.12. The molecule has 2 aliphatic heterocycles. The predicted molar refractivity (Wildman–Crippen MR) is 113 cm³/mol. The summed E-state index contributed by atoms with van der Waals surface area (Å²) in [6.07, 6.45) is 6.38. The van der Waals surface area contributed by atoms with Crippen molar-refractivity contribution in [1.29, 1.82) is 0 Å². The van der Waals surface area contributed by atoms with Gasteiger partial charge in [-0.2, -0.15) is 0 Å². The van der Waals surface area contributed by atoms with E-state index in [1.54, 1.807) is 13.3 Å². The van der Waals surface area contributed by atoms with Crippen molar-refractivity contribution in [1.82, 2.24) is 19.4 Å². The van der Waals surface area contributed by atoms with Crippen LogP contribution >= 0.6 is 11.8 Å². The predicted octanol–water partition coefficient (Wildman–Crippen LogP) is 2.30. The monoisotopic (exact) mass is 416 g/mol. The second-order valence-corrected chi connectivity index (χ2v) is 8.33. The minimum atomic E-state index is 0.173. The third-order valence-corrected chi connectivity index (χ3v) is 6.43. The van der Waals surface area contributed by atoms with Crippen LogP contribution in [0.3, 0.4) is 0 Å². The summed E-state index contributed by atoms with van der Waals surface area (Å²) in [6, 6.07) is 7.82. The van der Waals surface area contributed by atoms with E-state index in [0.717, 1.165) is 62.3 Å². The maximum absolute atomic E-state index is 12.7. The first-order chi connectivity index (χ1) is 14.2. The topological polar surface area (TPSA) is 59.8 Å². The Morgan fingerprint density at radius 3 is 2.93 bits per heavy atom. The van der Waals surface area contributed by atoms with Crippen molar-refractivity contribution < 1.29 is 14.3 Å². The lowest BCUT2D eigenvalue weighted by Gasteiger charge is -2.35. The minimum absolute atomic E-state index is 0.173. The van der Waals surface area contributed by atoms with E-state index in [2.05, 4.69) is 9.88 Å². The first-order valence-corrected chi connectivity index (χ1v) is 11.1. The molecule has 2 fully saturated rings. The second kappa shape index (κ2) is 9.65. The zero-order valence-corrected chi connectivity index (χ0v) is 17.6. The summed E-state index contributed by atoms with van der Waals surface area (Å²) >= 11 is 1.48. The Labute approximate surface area is 176 Å². The molecule has 1 amide bonds. The van der Waals surface area contributed by atoms with Gasteiger partial charge in [-0.1, -0.05) is 17.8 Å². The van der Waals surface area contributed by atoms with E-state index >= 15 is 0 Å². The van der Waals surface area contributed by atoms with Crippen molar-refractivity contribution in [2.75, 3.05) is 52.2 Å². The molecule has 0 N–H and O–H groups in total. The molecule has 1 aromatic carbocycles. The normalized spacial score (nSPS) is 20.2. The van der Waals surface area contributed by atoms with Gasteiger partial charge in [-0.05, 0) is 25.0 Å². The fraction of sp³-hybridized carbons (Fsp3) is 0.524. The summed E-state index contributed by atoms with van der Waals surface area (Å²) in [4.78, 5) is 21.5. The maximum atomic E-state index is 12.7. The van der Waals surface area contributed by atoms with Crippen LogP contribution in [0.2, 0.25) is 0 Å². The number of imidazole rings is 1. The Morgan fingerprint density at radius 1 is 1.31 bits per heavy atom. The number of piperazine rings is 1. The van der Waals surface area contributed by atoms with Crippen LogP contribution in [0.5, 0.6) is 5.75 Å². The van der Waals surface area contributed by atoms with Crippen LogP contribution < -0.4 is 4.74 Å². The number of ether oxygens (including phenoxy) is 2. The summed E-state index contributed by atoms with van der Waals surface area (Å²) < 4.78 is 13.0. The molecule has 1 aromatic heterocycles. The Bertz CT molecular complexity index is 814. The summed E-state index contributed by atoms with van der Waals surface area (Å²) in [5.41, 5.74) is 0.972. The van der Waals surface area contributed by atoms with E-state index in [1.807, 2.05) is 39.9 Å². The lowest BCUT2D eigenvalue weighted by molar-refractivity contribution is -0.130. The van der Waals surface area contributed by atoms with Crippen LogP contribution in [-0.4, -0.2) is 83.6 Å². The van der Waals surface area contributed by atoms with Gasteiger partial charge in [0.25, 0.3) is 0 Å². The van der Waals surface area contributed by atoms with Crippen molar-refractivity contribution in [3.05, 3.63) is 36.7 Å². The number of nitrogens with zero attached hydrogens (tertiary/aromatic N) is 4. The highest BCUT2D eigenvalue weighted by atomic mass is 32.2. The van der Waals surface area contributed by atoms with Gasteiger partial charge in [-0.15, -0.1) is 0 Å². The quantitative estimate of drug-likeness (QED) is 0.646. The standard InChI is InChI=1S/C21H28N4O3S/c1-27-18-5-2-4-17(14-18)25-8-7-22-21(25)29-16-20(26)24-11-9-23(10-12-24)15-19-6-3-13-28-19/h2,4-5,7-8,14,19H,3,6,9-13,15-16H2,1H3/t19-/m1/s1. The molecule has 0 radical (unpaired) electrons. The Balaban J connectivity index is 1.28. The first-order valence-electron chi connectivity index (χ1n) is 10.2. The number of methoxy groups -OCH3 is 1. The molecule has 0 aliphatic carbocycles. The Hall–Kier alpha value is -2.03. The molecule has 0 unspecified atom stereocenters. The number of thioether (sulfide) groups is 1. The summed E-state index contributed by atoms with van der Waals surface area (Å²) in [5, 5.41) is 0.809. The van der Waals surface area contributed by atoms with E-state index in [0.29, 0.717) is 11.9 Å². The SMILES string of the molecule is COc1cccc(-n2ccnc2SCC(=O)N2CCN(C[C@H]3CCCO3)CC2)c1. The van der Waals surface area contributed by atoms with Gasteiger partial charge in [0.1, 0.15) is 5.75 Å². The van der Waals surface area contributed by atoms with Crippen LogP contribution in [0.15, 0.2) is 41.8 Å². The van der Waals surface area contributed by atoms with Crippen LogP contribution in [0, 0.1) is 0 Å². The van der Waals surface area contributed by atoms with Crippen molar-refractivity contribution in [3.63, 3.8) is 0 Å². The van der Waals surface area contributed by atoms with Crippen LogP contribution in [0.4, 0.5) is 0 Å². The zero-order valence-electron chi connectivity index (χ0n) is 16.8. The van der Waals surface area contributed by atoms with Crippen molar-refractivity contribution in [2.45, 2.75) is 24.1 Å². The van der Waals surface area contributed by atoms with Crippen molar-refractivity contribution >= 4 is 17.7 Å². The van der Waals surface area contributed by atoms with Gasteiger partial charge >= 0.3 is 0 Å². The van der Waals surface area contributed by atoms with E-state index in [9.17, 15) is 4.79 Å². The molecule has 0 spiro atoms.